The van der Waals surface area contributed by atoms with Crippen LogP contribution in [0.3, 0.4) is 0 Å². The number of alkyl halides is 1. The number of carbonyl (C=O) groups is 1. The molecule has 5 nitrogen and oxygen atoms in total. The Balaban J connectivity index is 2.75. The number of halogens is 1. The van der Waals surface area contributed by atoms with Crippen molar-refractivity contribution in [1.82, 2.24) is 4.31 Å². The quantitative estimate of drug-likeness (QED) is 0.816. The van der Waals surface area contributed by atoms with E-state index in [0.717, 1.165) is 4.31 Å². The Bertz CT molecular complexity index is 526. The second-order valence-corrected chi connectivity index (χ2v) is 6.68. The minimum absolute atomic E-state index is 0.135. The van der Waals surface area contributed by atoms with E-state index in [4.69, 9.17) is 11.6 Å². The first-order valence-corrected chi connectivity index (χ1v) is 7.74. The van der Waals surface area contributed by atoms with Crippen molar-refractivity contribution in [2.24, 2.45) is 0 Å². The molecule has 7 heteroatoms. The predicted octanol–water partition coefficient (Wildman–Crippen LogP) is 1.89. The van der Waals surface area contributed by atoms with E-state index in [1.807, 2.05) is 0 Å². The first-order valence-electron chi connectivity index (χ1n) is 5.76. The largest absolute Gasteiger partial charge is 0.326 e. The van der Waals surface area contributed by atoms with Crippen LogP contribution in [-0.2, 0) is 14.8 Å². The fourth-order valence-electron chi connectivity index (χ4n) is 1.37. The number of carbonyl (C=O) groups excluding carboxylic acids is 1. The van der Waals surface area contributed by atoms with Gasteiger partial charge in [0.15, 0.2) is 0 Å². The van der Waals surface area contributed by atoms with Crippen LogP contribution in [0.1, 0.15) is 12.8 Å². The highest BCUT2D eigenvalue weighted by atomic mass is 35.5. The molecule has 0 atom stereocenters. The number of hydrogen-bond donors (Lipinski definition) is 1. The van der Waals surface area contributed by atoms with E-state index in [1.54, 1.807) is 12.1 Å². The maximum absolute atomic E-state index is 11.8. The van der Waals surface area contributed by atoms with Gasteiger partial charge in [0.1, 0.15) is 0 Å². The van der Waals surface area contributed by atoms with Crippen LogP contribution in [0.4, 0.5) is 5.69 Å². The summed E-state index contributed by atoms with van der Waals surface area (Å²) in [5.41, 5.74) is 0.567. The van der Waals surface area contributed by atoms with Crippen LogP contribution in [0.25, 0.3) is 0 Å². The summed E-state index contributed by atoms with van der Waals surface area (Å²) in [6.07, 6.45) is 0.960. The van der Waals surface area contributed by atoms with Gasteiger partial charge in [0.05, 0.1) is 4.90 Å². The molecule has 106 valence electrons. The molecule has 1 amide bonds. The van der Waals surface area contributed by atoms with Gasteiger partial charge < -0.3 is 5.32 Å². The molecule has 0 heterocycles. The van der Waals surface area contributed by atoms with Crippen molar-refractivity contribution in [2.45, 2.75) is 17.7 Å². The lowest BCUT2D eigenvalue weighted by Gasteiger charge is -2.11. The number of nitrogens with one attached hydrogen (secondary N) is 1. The molecule has 0 fully saturated rings. The number of benzene rings is 1. The Labute approximate surface area is 118 Å². The monoisotopic (exact) mass is 304 g/mol. The average Bonchev–Trinajstić information content (AvgIpc) is 2.36. The Kier molecular flexibility index (Phi) is 5.78. The van der Waals surface area contributed by atoms with Gasteiger partial charge in [-0.3, -0.25) is 4.79 Å². The second kappa shape index (κ2) is 6.88. The van der Waals surface area contributed by atoms with Crippen molar-refractivity contribution in [2.75, 3.05) is 25.3 Å². The van der Waals surface area contributed by atoms with Crippen LogP contribution in [0, 0.1) is 0 Å². The van der Waals surface area contributed by atoms with E-state index in [2.05, 4.69) is 5.32 Å². The molecular formula is C12H17ClN2O3S. The smallest absolute Gasteiger partial charge is 0.242 e. The fraction of sp³-hybridized carbons (Fsp3) is 0.417. The van der Waals surface area contributed by atoms with Crippen molar-refractivity contribution < 1.29 is 13.2 Å². The number of anilines is 1. The van der Waals surface area contributed by atoms with Crippen molar-refractivity contribution in [3.63, 3.8) is 0 Å². The Morgan fingerprint density at radius 3 is 2.32 bits per heavy atom. The molecule has 0 saturated carbocycles. The van der Waals surface area contributed by atoms with E-state index < -0.39 is 10.0 Å². The van der Waals surface area contributed by atoms with Crippen LogP contribution >= 0.6 is 11.6 Å². The number of nitrogens with zero attached hydrogens (tertiary/aromatic N) is 1. The third-order valence-electron chi connectivity index (χ3n) is 2.45. The summed E-state index contributed by atoms with van der Waals surface area (Å²) in [7, 11) is -0.494. The van der Waals surface area contributed by atoms with Crippen LogP contribution in [0.15, 0.2) is 29.2 Å². The van der Waals surface area contributed by atoms with Crippen LogP contribution in [0.5, 0.6) is 0 Å². The zero-order valence-electron chi connectivity index (χ0n) is 10.9. The molecule has 0 bridgehead atoms. The zero-order valence-corrected chi connectivity index (χ0v) is 12.5. The molecular weight excluding hydrogens is 288 g/mol. The van der Waals surface area contributed by atoms with Gasteiger partial charge in [0.25, 0.3) is 0 Å². The molecule has 0 aliphatic rings. The summed E-state index contributed by atoms with van der Waals surface area (Å²) >= 11 is 5.50. The van der Waals surface area contributed by atoms with Crippen LogP contribution in [-0.4, -0.2) is 38.6 Å². The van der Waals surface area contributed by atoms with Gasteiger partial charge in [-0.05, 0) is 30.7 Å². The first-order chi connectivity index (χ1) is 8.87. The molecule has 1 rings (SSSR count). The van der Waals surface area contributed by atoms with Crippen molar-refractivity contribution in [1.29, 1.82) is 0 Å². The fourth-order valence-corrected chi connectivity index (χ4v) is 2.41. The summed E-state index contributed by atoms with van der Waals surface area (Å²) in [5.74, 6) is 0.303. The summed E-state index contributed by atoms with van der Waals surface area (Å²) in [6, 6.07) is 6.06. The summed E-state index contributed by atoms with van der Waals surface area (Å²) in [5, 5.41) is 2.68. The van der Waals surface area contributed by atoms with Gasteiger partial charge in [-0.2, -0.15) is 0 Å². The maximum atomic E-state index is 11.8. The molecule has 1 N–H and O–H groups in total. The van der Waals surface area contributed by atoms with E-state index >= 15 is 0 Å². The topological polar surface area (TPSA) is 66.5 Å². The standard InChI is InChI=1S/C12H17ClN2O3S/c1-15(2)19(17,18)11-7-5-10(6-8-11)14-12(16)4-3-9-13/h5-8H,3-4,9H2,1-2H3,(H,14,16). The van der Waals surface area contributed by atoms with Gasteiger partial charge in [-0.25, -0.2) is 12.7 Å². The Morgan fingerprint density at radius 2 is 1.84 bits per heavy atom. The van der Waals surface area contributed by atoms with Crippen molar-refractivity contribution in [3.05, 3.63) is 24.3 Å². The van der Waals surface area contributed by atoms with Crippen molar-refractivity contribution in [3.8, 4) is 0 Å². The Hall–Kier alpha value is -1.11. The third kappa shape index (κ3) is 4.49. The highest BCUT2D eigenvalue weighted by Gasteiger charge is 2.16. The Morgan fingerprint density at radius 1 is 1.26 bits per heavy atom. The number of amides is 1. The number of sulfonamides is 1. The average molecular weight is 305 g/mol. The molecule has 0 unspecified atom stereocenters. The minimum atomic E-state index is -3.43. The normalized spacial score (nSPS) is 11.6. The molecule has 0 aromatic heterocycles. The lowest BCUT2D eigenvalue weighted by molar-refractivity contribution is -0.116. The molecule has 0 saturated heterocycles. The lowest BCUT2D eigenvalue weighted by Crippen LogP contribution is -2.22. The summed E-state index contributed by atoms with van der Waals surface area (Å²) in [6.45, 7) is 0. The number of hydrogen-bond acceptors (Lipinski definition) is 3. The molecule has 0 aliphatic carbocycles. The van der Waals surface area contributed by atoms with Gasteiger partial charge in [0.2, 0.25) is 15.9 Å². The highest BCUT2D eigenvalue weighted by Crippen LogP contribution is 2.16. The zero-order chi connectivity index (χ0) is 14.5. The molecule has 1 aromatic rings. The maximum Gasteiger partial charge on any atom is 0.242 e. The van der Waals surface area contributed by atoms with E-state index in [-0.39, 0.29) is 10.8 Å². The predicted molar refractivity (Wildman–Crippen MR) is 75.9 cm³/mol. The summed E-state index contributed by atoms with van der Waals surface area (Å²) < 4.78 is 24.8. The van der Waals surface area contributed by atoms with E-state index in [0.29, 0.717) is 24.4 Å². The van der Waals surface area contributed by atoms with E-state index in [9.17, 15) is 13.2 Å². The molecule has 0 spiro atoms. The summed E-state index contributed by atoms with van der Waals surface area (Å²) in [4.78, 5) is 11.7. The van der Waals surface area contributed by atoms with Crippen LogP contribution in [0.2, 0.25) is 0 Å². The second-order valence-electron chi connectivity index (χ2n) is 4.15. The van der Waals surface area contributed by atoms with E-state index in [1.165, 1.54) is 26.2 Å². The molecule has 0 radical (unpaired) electrons. The molecule has 0 aliphatic heterocycles. The van der Waals surface area contributed by atoms with Gasteiger partial charge in [-0.1, -0.05) is 0 Å². The third-order valence-corrected chi connectivity index (χ3v) is 4.55. The highest BCUT2D eigenvalue weighted by molar-refractivity contribution is 7.89. The number of rotatable bonds is 6. The van der Waals surface area contributed by atoms with Crippen LogP contribution < -0.4 is 5.32 Å². The SMILES string of the molecule is CN(C)S(=O)(=O)c1ccc(NC(=O)CCCCl)cc1. The lowest BCUT2D eigenvalue weighted by atomic mass is 10.3. The molecule has 1 aromatic carbocycles. The van der Waals surface area contributed by atoms with Gasteiger partial charge in [0, 0.05) is 32.1 Å². The first kappa shape index (κ1) is 15.9. The van der Waals surface area contributed by atoms with Crippen molar-refractivity contribution >= 4 is 33.2 Å². The minimum Gasteiger partial charge on any atom is -0.326 e. The molecule has 19 heavy (non-hydrogen) atoms. The van der Waals surface area contributed by atoms with Gasteiger partial charge >= 0.3 is 0 Å². The van der Waals surface area contributed by atoms with Gasteiger partial charge in [-0.15, -0.1) is 11.6 Å².